The van der Waals surface area contributed by atoms with Gasteiger partial charge in [-0.1, -0.05) is 17.8 Å². The Morgan fingerprint density at radius 2 is 1.95 bits per heavy atom. The topological polar surface area (TPSA) is 51.0 Å². The highest BCUT2D eigenvalue weighted by Gasteiger charge is 2.36. The average Bonchev–Trinajstić information content (AvgIpc) is 2.49. The van der Waals surface area contributed by atoms with Crippen LogP contribution in [-0.4, -0.2) is 31.1 Å². The van der Waals surface area contributed by atoms with Crippen LogP contribution >= 0.6 is 11.8 Å². The van der Waals surface area contributed by atoms with Gasteiger partial charge in [0.1, 0.15) is 11.8 Å². The van der Waals surface area contributed by atoms with Crippen molar-refractivity contribution < 1.29 is 14.6 Å². The number of rotatable bonds is 2. The summed E-state index contributed by atoms with van der Waals surface area (Å²) in [5, 5.41) is 10.4. The van der Waals surface area contributed by atoms with Crippen molar-refractivity contribution in [3.63, 3.8) is 0 Å². The summed E-state index contributed by atoms with van der Waals surface area (Å²) in [7, 11) is 3.10. The van der Waals surface area contributed by atoms with Crippen molar-refractivity contribution in [1.82, 2.24) is 0 Å². The van der Waals surface area contributed by atoms with E-state index < -0.39 is 6.10 Å². The summed E-state index contributed by atoms with van der Waals surface area (Å²) in [6.07, 6.45) is -0.794. The summed E-state index contributed by atoms with van der Waals surface area (Å²) in [6, 6.07) is 6.15. The number of methoxy groups -OCH3 is 2. The standard InChI is InChI=1S/C16H17NO3S/c1-8-5-6-10-11(7-8)21-16-9(2)13(18)15(20-4)14(19-3)12(16)17-10/h5-7,13,18H,1-4H3. The van der Waals surface area contributed by atoms with E-state index in [9.17, 15) is 5.11 Å². The monoisotopic (exact) mass is 303 g/mol. The normalized spacial score (nSPS) is 20.8. The fourth-order valence-electron chi connectivity index (χ4n) is 2.51. The van der Waals surface area contributed by atoms with Gasteiger partial charge in [-0.05, 0) is 37.1 Å². The number of hydrogen-bond donors (Lipinski definition) is 1. The highest BCUT2D eigenvalue weighted by molar-refractivity contribution is 8.04. The first-order chi connectivity index (χ1) is 10.1. The van der Waals surface area contributed by atoms with Gasteiger partial charge in [0.25, 0.3) is 0 Å². The zero-order valence-electron chi connectivity index (χ0n) is 12.4. The minimum atomic E-state index is -0.794. The molecule has 21 heavy (non-hydrogen) atoms. The first-order valence-electron chi connectivity index (χ1n) is 6.65. The maximum absolute atomic E-state index is 10.4. The van der Waals surface area contributed by atoms with Crippen LogP contribution in [0.2, 0.25) is 0 Å². The van der Waals surface area contributed by atoms with E-state index in [1.54, 1.807) is 18.9 Å². The van der Waals surface area contributed by atoms with Gasteiger partial charge in [-0.2, -0.15) is 0 Å². The van der Waals surface area contributed by atoms with Crippen molar-refractivity contribution in [1.29, 1.82) is 0 Å². The Kier molecular flexibility index (Phi) is 3.55. The van der Waals surface area contributed by atoms with E-state index >= 15 is 0 Å². The largest absolute Gasteiger partial charge is 0.494 e. The molecule has 1 aromatic carbocycles. The lowest BCUT2D eigenvalue weighted by Crippen LogP contribution is -2.28. The summed E-state index contributed by atoms with van der Waals surface area (Å²) >= 11 is 1.62. The highest BCUT2D eigenvalue weighted by atomic mass is 32.2. The van der Waals surface area contributed by atoms with Crippen LogP contribution in [0, 0.1) is 6.92 Å². The third-order valence-electron chi connectivity index (χ3n) is 3.65. The van der Waals surface area contributed by atoms with Crippen molar-refractivity contribution in [3.05, 3.63) is 45.8 Å². The molecule has 0 bridgehead atoms. The average molecular weight is 303 g/mol. The molecule has 0 radical (unpaired) electrons. The molecule has 0 aromatic heterocycles. The summed E-state index contributed by atoms with van der Waals surface area (Å²) in [5.74, 6) is 0.915. The predicted molar refractivity (Wildman–Crippen MR) is 83.9 cm³/mol. The van der Waals surface area contributed by atoms with Gasteiger partial charge in [-0.15, -0.1) is 0 Å². The Morgan fingerprint density at radius 3 is 2.62 bits per heavy atom. The quantitative estimate of drug-likeness (QED) is 0.910. The number of fused-ring (bicyclic) bond motifs is 2. The summed E-state index contributed by atoms with van der Waals surface area (Å²) in [6.45, 7) is 3.95. The van der Waals surface area contributed by atoms with Gasteiger partial charge in [0.05, 0.1) is 19.9 Å². The number of aliphatic hydroxyl groups excluding tert-OH is 1. The molecular weight excluding hydrogens is 286 g/mol. The second kappa shape index (κ2) is 5.24. The molecule has 0 saturated heterocycles. The molecule has 5 heteroatoms. The Hall–Kier alpha value is -1.72. The summed E-state index contributed by atoms with van der Waals surface area (Å²) in [5.41, 5.74) is 3.68. The molecule has 1 heterocycles. The number of aliphatic imine (C=N–C) groups is 1. The van der Waals surface area contributed by atoms with Crippen LogP contribution in [0.5, 0.6) is 0 Å². The molecule has 1 aromatic rings. The summed E-state index contributed by atoms with van der Waals surface area (Å²) in [4.78, 5) is 6.74. The molecule has 0 spiro atoms. The molecule has 2 aliphatic rings. The van der Waals surface area contributed by atoms with E-state index in [1.165, 1.54) is 12.7 Å². The van der Waals surface area contributed by atoms with Crippen molar-refractivity contribution in [2.24, 2.45) is 4.99 Å². The molecule has 1 N–H and O–H groups in total. The minimum absolute atomic E-state index is 0.411. The van der Waals surface area contributed by atoms with E-state index in [0.29, 0.717) is 11.5 Å². The smallest absolute Gasteiger partial charge is 0.186 e. The maximum atomic E-state index is 10.4. The van der Waals surface area contributed by atoms with Crippen LogP contribution < -0.4 is 0 Å². The van der Waals surface area contributed by atoms with Crippen molar-refractivity contribution in [2.75, 3.05) is 14.2 Å². The van der Waals surface area contributed by atoms with E-state index in [-0.39, 0.29) is 0 Å². The fraction of sp³-hybridized carbons (Fsp3) is 0.312. The number of hydrogen-bond acceptors (Lipinski definition) is 5. The number of ether oxygens (including phenoxy) is 2. The number of aliphatic hydroxyl groups is 1. The zero-order chi connectivity index (χ0) is 15.1. The Bertz CT molecular complexity index is 703. The van der Waals surface area contributed by atoms with Crippen LogP contribution in [0.4, 0.5) is 5.69 Å². The lowest BCUT2D eigenvalue weighted by atomic mass is 9.99. The molecule has 0 fully saturated rings. The SMILES string of the molecule is COC1=C(OC)C(O)C(C)=C2Sc3cc(C)ccc3N=C12. The first-order valence-corrected chi connectivity index (χ1v) is 7.47. The van der Waals surface area contributed by atoms with Gasteiger partial charge in [-0.3, -0.25) is 0 Å². The molecule has 3 rings (SSSR count). The second-order valence-electron chi connectivity index (χ2n) is 5.05. The van der Waals surface area contributed by atoms with E-state index in [0.717, 1.165) is 26.8 Å². The first kappa shape index (κ1) is 14.2. The number of nitrogens with zero attached hydrogens (tertiary/aromatic N) is 1. The molecule has 1 atom stereocenters. The number of benzene rings is 1. The van der Waals surface area contributed by atoms with Crippen molar-refractivity contribution >= 4 is 23.2 Å². The fourth-order valence-corrected chi connectivity index (χ4v) is 3.70. The summed E-state index contributed by atoms with van der Waals surface area (Å²) < 4.78 is 10.8. The molecule has 0 saturated carbocycles. The van der Waals surface area contributed by atoms with Gasteiger partial charge < -0.3 is 14.6 Å². The third-order valence-corrected chi connectivity index (χ3v) is 4.92. The third kappa shape index (κ3) is 2.17. The van der Waals surface area contributed by atoms with Crippen LogP contribution in [0.3, 0.4) is 0 Å². The Morgan fingerprint density at radius 1 is 1.19 bits per heavy atom. The van der Waals surface area contributed by atoms with Gasteiger partial charge >= 0.3 is 0 Å². The van der Waals surface area contributed by atoms with Crippen LogP contribution in [-0.2, 0) is 9.47 Å². The lowest BCUT2D eigenvalue weighted by molar-refractivity contribution is 0.132. The Balaban J connectivity index is 2.23. The molecule has 0 amide bonds. The molecular formula is C16H17NO3S. The van der Waals surface area contributed by atoms with Crippen molar-refractivity contribution in [3.8, 4) is 0 Å². The van der Waals surface area contributed by atoms with Gasteiger partial charge in [0, 0.05) is 9.80 Å². The minimum Gasteiger partial charge on any atom is -0.494 e. The van der Waals surface area contributed by atoms with E-state index in [4.69, 9.17) is 14.5 Å². The zero-order valence-corrected chi connectivity index (χ0v) is 13.2. The van der Waals surface area contributed by atoms with E-state index in [1.807, 2.05) is 19.1 Å². The van der Waals surface area contributed by atoms with Crippen LogP contribution in [0.25, 0.3) is 0 Å². The molecule has 1 aliphatic heterocycles. The van der Waals surface area contributed by atoms with Crippen LogP contribution in [0.1, 0.15) is 12.5 Å². The number of allylic oxidation sites excluding steroid dienone is 1. The maximum Gasteiger partial charge on any atom is 0.186 e. The van der Waals surface area contributed by atoms with E-state index in [2.05, 4.69) is 13.0 Å². The lowest BCUT2D eigenvalue weighted by Gasteiger charge is -2.30. The molecule has 4 nitrogen and oxygen atoms in total. The van der Waals surface area contributed by atoms with Gasteiger partial charge in [0.2, 0.25) is 0 Å². The molecule has 110 valence electrons. The van der Waals surface area contributed by atoms with Gasteiger partial charge in [-0.25, -0.2) is 4.99 Å². The molecule has 1 aliphatic carbocycles. The number of thioether (sulfide) groups is 1. The van der Waals surface area contributed by atoms with Gasteiger partial charge in [0.15, 0.2) is 11.5 Å². The van der Waals surface area contributed by atoms with Crippen LogP contribution in [0.15, 0.2) is 50.1 Å². The number of aryl methyl sites for hydroxylation is 1. The predicted octanol–water partition coefficient (Wildman–Crippen LogP) is 3.33. The molecule has 1 unspecified atom stereocenters. The highest BCUT2D eigenvalue weighted by Crippen LogP contribution is 2.46. The second-order valence-corrected chi connectivity index (χ2v) is 6.10. The van der Waals surface area contributed by atoms with Crippen molar-refractivity contribution in [2.45, 2.75) is 24.8 Å². The Labute approximate surface area is 128 Å².